The lowest BCUT2D eigenvalue weighted by Gasteiger charge is -2.25. The average Bonchev–Trinajstić information content (AvgIpc) is 2.98. The lowest BCUT2D eigenvalue weighted by atomic mass is 10.0. The number of imidazole rings is 1. The molecule has 1 aliphatic heterocycles. The van der Waals surface area contributed by atoms with Crippen LogP contribution in [-0.4, -0.2) is 40.0 Å². The molecule has 2 unspecified atom stereocenters. The average molecular weight is 259 g/mol. The first-order valence-corrected chi connectivity index (χ1v) is 6.56. The Morgan fingerprint density at radius 3 is 3.11 bits per heavy atom. The Hall–Kier alpha value is -1.88. The third-order valence-corrected chi connectivity index (χ3v) is 4.00. The van der Waals surface area contributed by atoms with Crippen LogP contribution in [0.5, 0.6) is 0 Å². The second-order valence-corrected chi connectivity index (χ2v) is 5.08. The number of rotatable bonds is 3. The number of hydrogen-bond donors (Lipinski definition) is 1. The minimum Gasteiger partial charge on any atom is -0.394 e. The Labute approximate surface area is 111 Å². The Bertz CT molecular complexity index is 608. The number of pyridine rings is 1. The molecule has 19 heavy (non-hydrogen) atoms. The van der Waals surface area contributed by atoms with Gasteiger partial charge in [-0.3, -0.25) is 9.20 Å². The van der Waals surface area contributed by atoms with E-state index in [0.29, 0.717) is 17.4 Å². The summed E-state index contributed by atoms with van der Waals surface area (Å²) in [5.74, 6) is 1.10. The van der Waals surface area contributed by atoms with Crippen LogP contribution in [0.15, 0.2) is 24.4 Å². The number of aliphatic hydroxyl groups excluding tert-OH is 1. The summed E-state index contributed by atoms with van der Waals surface area (Å²) >= 11 is 0. The molecule has 100 valence electrons. The van der Waals surface area contributed by atoms with Gasteiger partial charge in [0.25, 0.3) is 0 Å². The summed E-state index contributed by atoms with van der Waals surface area (Å²) in [5.41, 5.74) is 1.32. The van der Waals surface area contributed by atoms with E-state index in [0.717, 1.165) is 24.9 Å². The topological polar surface area (TPSA) is 57.8 Å². The van der Waals surface area contributed by atoms with Crippen LogP contribution in [0.3, 0.4) is 0 Å². The summed E-state index contributed by atoms with van der Waals surface area (Å²) in [5, 5.41) is 9.54. The predicted octanol–water partition coefficient (Wildman–Crippen LogP) is 1.35. The fraction of sp³-hybridized carbons (Fsp3) is 0.429. The van der Waals surface area contributed by atoms with Gasteiger partial charge in [0.05, 0.1) is 12.6 Å². The highest BCUT2D eigenvalue weighted by molar-refractivity contribution is 5.83. The van der Waals surface area contributed by atoms with Crippen LogP contribution >= 0.6 is 0 Å². The van der Waals surface area contributed by atoms with Gasteiger partial charge in [-0.1, -0.05) is 13.0 Å². The van der Waals surface area contributed by atoms with E-state index in [1.54, 1.807) is 4.40 Å². The Morgan fingerprint density at radius 2 is 2.37 bits per heavy atom. The van der Waals surface area contributed by atoms with Crippen molar-refractivity contribution in [2.75, 3.05) is 18.1 Å². The predicted molar refractivity (Wildman–Crippen MR) is 72.6 cm³/mol. The van der Waals surface area contributed by atoms with Crippen molar-refractivity contribution in [1.82, 2.24) is 9.38 Å². The number of aromatic nitrogens is 2. The van der Waals surface area contributed by atoms with Crippen molar-refractivity contribution >= 4 is 17.8 Å². The van der Waals surface area contributed by atoms with E-state index in [4.69, 9.17) is 0 Å². The van der Waals surface area contributed by atoms with E-state index in [2.05, 4.69) is 16.8 Å². The van der Waals surface area contributed by atoms with Gasteiger partial charge in [-0.25, -0.2) is 4.98 Å². The van der Waals surface area contributed by atoms with E-state index in [1.165, 1.54) is 0 Å². The molecule has 1 N–H and O–H groups in total. The first kappa shape index (κ1) is 12.2. The third kappa shape index (κ3) is 1.81. The fourth-order valence-corrected chi connectivity index (χ4v) is 2.87. The quantitative estimate of drug-likeness (QED) is 0.845. The number of nitrogens with zero attached hydrogens (tertiary/aromatic N) is 3. The molecule has 2 aromatic rings. The highest BCUT2D eigenvalue weighted by Gasteiger charge is 2.33. The van der Waals surface area contributed by atoms with E-state index in [-0.39, 0.29) is 12.6 Å². The van der Waals surface area contributed by atoms with Crippen LogP contribution in [0.4, 0.5) is 5.82 Å². The van der Waals surface area contributed by atoms with Crippen molar-refractivity contribution in [2.45, 2.75) is 19.4 Å². The molecule has 3 rings (SSSR count). The standard InChI is InChI=1S/C14H17N3O2/c1-10-5-7-17(11(10)8-18)14-12(9-19)16-6-3-2-4-13(16)15-14/h2-4,6,9-11,18H,5,7-8H2,1H3. The number of aliphatic hydroxyl groups is 1. The third-order valence-electron chi connectivity index (χ3n) is 4.00. The van der Waals surface area contributed by atoms with Gasteiger partial charge in [-0.05, 0) is 24.5 Å². The Kier molecular flexibility index (Phi) is 2.98. The number of aldehydes is 1. The van der Waals surface area contributed by atoms with Crippen molar-refractivity contribution in [3.63, 3.8) is 0 Å². The van der Waals surface area contributed by atoms with Crippen LogP contribution < -0.4 is 4.90 Å². The maximum Gasteiger partial charge on any atom is 0.170 e. The van der Waals surface area contributed by atoms with Crippen molar-refractivity contribution in [2.24, 2.45) is 5.92 Å². The van der Waals surface area contributed by atoms with Gasteiger partial charge in [-0.2, -0.15) is 0 Å². The van der Waals surface area contributed by atoms with E-state index < -0.39 is 0 Å². The first-order valence-electron chi connectivity index (χ1n) is 6.56. The molecule has 0 amide bonds. The number of carbonyl (C=O) groups is 1. The summed E-state index contributed by atoms with van der Waals surface area (Å²) in [6, 6.07) is 5.70. The minimum absolute atomic E-state index is 0.0450. The molecule has 1 fully saturated rings. The molecule has 0 aromatic carbocycles. The number of anilines is 1. The molecule has 3 heterocycles. The lowest BCUT2D eigenvalue weighted by molar-refractivity contribution is 0.111. The van der Waals surface area contributed by atoms with Crippen molar-refractivity contribution in [3.8, 4) is 0 Å². The normalized spacial score (nSPS) is 23.2. The van der Waals surface area contributed by atoms with Gasteiger partial charge >= 0.3 is 0 Å². The summed E-state index contributed by atoms with van der Waals surface area (Å²) in [4.78, 5) is 18.0. The second-order valence-electron chi connectivity index (χ2n) is 5.08. The summed E-state index contributed by atoms with van der Waals surface area (Å²) < 4.78 is 1.79. The largest absolute Gasteiger partial charge is 0.394 e. The molecule has 0 radical (unpaired) electrons. The van der Waals surface area contributed by atoms with Crippen molar-refractivity contribution < 1.29 is 9.90 Å². The zero-order valence-electron chi connectivity index (χ0n) is 10.9. The fourth-order valence-electron chi connectivity index (χ4n) is 2.87. The molecule has 0 spiro atoms. The first-order chi connectivity index (χ1) is 9.26. The van der Waals surface area contributed by atoms with Crippen LogP contribution in [0.1, 0.15) is 23.8 Å². The van der Waals surface area contributed by atoms with Gasteiger partial charge in [0, 0.05) is 12.7 Å². The monoisotopic (exact) mass is 259 g/mol. The molecule has 5 heteroatoms. The smallest absolute Gasteiger partial charge is 0.170 e. The molecule has 5 nitrogen and oxygen atoms in total. The van der Waals surface area contributed by atoms with E-state index in [9.17, 15) is 9.90 Å². The number of fused-ring (bicyclic) bond motifs is 1. The summed E-state index contributed by atoms with van der Waals surface area (Å²) in [6.07, 6.45) is 3.69. The van der Waals surface area contributed by atoms with E-state index >= 15 is 0 Å². The molecule has 0 bridgehead atoms. The number of hydrogen-bond acceptors (Lipinski definition) is 4. The molecular formula is C14H17N3O2. The van der Waals surface area contributed by atoms with Crippen LogP contribution in [0, 0.1) is 5.92 Å². The summed E-state index contributed by atoms with van der Waals surface area (Å²) in [6.45, 7) is 3.04. The van der Waals surface area contributed by atoms with Crippen molar-refractivity contribution in [1.29, 1.82) is 0 Å². The zero-order valence-corrected chi connectivity index (χ0v) is 10.9. The molecule has 1 saturated heterocycles. The molecule has 0 saturated carbocycles. The van der Waals surface area contributed by atoms with Gasteiger partial charge in [0.1, 0.15) is 11.3 Å². The minimum atomic E-state index is 0.0450. The Balaban J connectivity index is 2.12. The SMILES string of the molecule is CC1CCN(c2nc3ccccn3c2C=O)C1CO. The van der Waals surface area contributed by atoms with Gasteiger partial charge in [-0.15, -0.1) is 0 Å². The van der Waals surface area contributed by atoms with Crippen LogP contribution in [0.25, 0.3) is 5.65 Å². The van der Waals surface area contributed by atoms with Crippen LogP contribution in [0.2, 0.25) is 0 Å². The Morgan fingerprint density at radius 1 is 1.53 bits per heavy atom. The lowest BCUT2D eigenvalue weighted by Crippen LogP contribution is -2.36. The zero-order chi connectivity index (χ0) is 13.4. The van der Waals surface area contributed by atoms with Gasteiger partial charge < -0.3 is 10.0 Å². The maximum absolute atomic E-state index is 11.4. The maximum atomic E-state index is 11.4. The summed E-state index contributed by atoms with van der Waals surface area (Å²) in [7, 11) is 0. The molecule has 1 aliphatic rings. The highest BCUT2D eigenvalue weighted by Crippen LogP contribution is 2.31. The molecule has 2 atom stereocenters. The van der Waals surface area contributed by atoms with Gasteiger partial charge in [0.15, 0.2) is 12.1 Å². The van der Waals surface area contributed by atoms with E-state index in [1.807, 2.05) is 24.4 Å². The highest BCUT2D eigenvalue weighted by atomic mass is 16.3. The molecule has 2 aromatic heterocycles. The van der Waals surface area contributed by atoms with Crippen LogP contribution in [-0.2, 0) is 0 Å². The second kappa shape index (κ2) is 4.66. The van der Waals surface area contributed by atoms with Crippen molar-refractivity contribution in [3.05, 3.63) is 30.1 Å². The number of carbonyl (C=O) groups excluding carboxylic acids is 1. The molecule has 0 aliphatic carbocycles. The molecular weight excluding hydrogens is 242 g/mol. The van der Waals surface area contributed by atoms with Gasteiger partial charge in [0.2, 0.25) is 0 Å².